The maximum absolute atomic E-state index is 13.2. The lowest BCUT2D eigenvalue weighted by molar-refractivity contribution is -0.139. The molecule has 26 heavy (non-hydrogen) atoms. The quantitative estimate of drug-likeness (QED) is 0.854. The van der Waals surface area contributed by atoms with E-state index in [9.17, 15) is 9.59 Å². The van der Waals surface area contributed by atoms with Crippen LogP contribution in [0.2, 0.25) is 0 Å². The number of piperidine rings is 1. The standard InChI is InChI=1S/C20H28N4O2/c25-19(24-17-8-9-18(24)13-21-11-10-17)15-5-4-12-23(14-15)20(26)22-16-6-2-1-3-7-16/h1-3,6-7,15,17-18,21H,4-5,8-14H2,(H,22,26). The van der Waals surface area contributed by atoms with Crippen LogP contribution in [0.15, 0.2) is 30.3 Å². The van der Waals surface area contributed by atoms with E-state index in [1.807, 2.05) is 30.3 Å². The van der Waals surface area contributed by atoms with E-state index in [0.29, 0.717) is 18.6 Å². The second kappa shape index (κ2) is 7.66. The smallest absolute Gasteiger partial charge is 0.321 e. The van der Waals surface area contributed by atoms with Gasteiger partial charge in [-0.1, -0.05) is 18.2 Å². The van der Waals surface area contributed by atoms with E-state index in [-0.39, 0.29) is 17.9 Å². The van der Waals surface area contributed by atoms with Gasteiger partial charge in [0, 0.05) is 37.4 Å². The van der Waals surface area contributed by atoms with Crippen molar-refractivity contribution < 1.29 is 9.59 Å². The number of nitrogens with zero attached hydrogens (tertiary/aromatic N) is 2. The van der Waals surface area contributed by atoms with Gasteiger partial charge < -0.3 is 20.4 Å². The predicted octanol–water partition coefficient (Wildman–Crippen LogP) is 2.28. The molecule has 4 rings (SSSR count). The van der Waals surface area contributed by atoms with Gasteiger partial charge in [-0.25, -0.2) is 4.79 Å². The van der Waals surface area contributed by atoms with E-state index in [2.05, 4.69) is 15.5 Å². The molecule has 2 N–H and O–H groups in total. The molecule has 0 aliphatic carbocycles. The van der Waals surface area contributed by atoms with Crippen LogP contribution in [-0.2, 0) is 4.79 Å². The Kier molecular flexibility index (Phi) is 5.11. The fraction of sp³-hybridized carbons (Fsp3) is 0.600. The summed E-state index contributed by atoms with van der Waals surface area (Å²) in [6.45, 7) is 3.16. The second-order valence-electron chi connectivity index (χ2n) is 7.70. The number of fused-ring (bicyclic) bond motifs is 2. The molecule has 3 amide bonds. The van der Waals surface area contributed by atoms with Crippen LogP contribution < -0.4 is 10.6 Å². The zero-order valence-corrected chi connectivity index (χ0v) is 15.2. The zero-order valence-electron chi connectivity index (χ0n) is 15.2. The first-order chi connectivity index (χ1) is 12.7. The average Bonchev–Trinajstić information content (AvgIpc) is 2.94. The van der Waals surface area contributed by atoms with Crippen molar-refractivity contribution in [3.05, 3.63) is 30.3 Å². The minimum Gasteiger partial charge on any atom is -0.335 e. The number of amides is 3. The van der Waals surface area contributed by atoms with Crippen molar-refractivity contribution in [2.75, 3.05) is 31.5 Å². The van der Waals surface area contributed by atoms with Crippen molar-refractivity contribution in [3.8, 4) is 0 Å². The number of nitrogens with one attached hydrogen (secondary N) is 2. The minimum absolute atomic E-state index is 0.0635. The normalized spacial score (nSPS) is 28.5. The number of likely N-dealkylation sites (tertiary alicyclic amines) is 1. The Morgan fingerprint density at radius 1 is 1.04 bits per heavy atom. The number of anilines is 1. The highest BCUT2D eigenvalue weighted by Gasteiger charge is 2.41. The monoisotopic (exact) mass is 356 g/mol. The molecule has 3 unspecified atom stereocenters. The molecule has 3 saturated heterocycles. The summed E-state index contributed by atoms with van der Waals surface area (Å²) in [5, 5.41) is 6.39. The minimum atomic E-state index is -0.103. The van der Waals surface area contributed by atoms with Crippen molar-refractivity contribution in [3.63, 3.8) is 0 Å². The van der Waals surface area contributed by atoms with Gasteiger partial charge in [0.2, 0.25) is 5.91 Å². The number of hydrogen-bond donors (Lipinski definition) is 2. The number of urea groups is 1. The Hall–Kier alpha value is -2.08. The third-order valence-electron chi connectivity index (χ3n) is 5.99. The van der Waals surface area contributed by atoms with E-state index in [1.165, 1.54) is 0 Å². The number of carbonyl (C=O) groups excluding carboxylic acids is 2. The van der Waals surface area contributed by atoms with Crippen molar-refractivity contribution in [1.82, 2.24) is 15.1 Å². The van der Waals surface area contributed by atoms with Crippen LogP contribution in [0, 0.1) is 5.92 Å². The van der Waals surface area contributed by atoms with Gasteiger partial charge in [0.25, 0.3) is 0 Å². The average molecular weight is 356 g/mol. The SMILES string of the molecule is O=C(Nc1ccccc1)N1CCCC(C(=O)N2C3CCNCC2CC3)C1. The van der Waals surface area contributed by atoms with Gasteiger partial charge in [-0.2, -0.15) is 0 Å². The largest absolute Gasteiger partial charge is 0.335 e. The first kappa shape index (κ1) is 17.3. The van der Waals surface area contributed by atoms with E-state index in [1.54, 1.807) is 4.90 Å². The van der Waals surface area contributed by atoms with Crippen LogP contribution in [-0.4, -0.2) is 60.0 Å². The summed E-state index contributed by atoms with van der Waals surface area (Å²) >= 11 is 0. The molecular weight excluding hydrogens is 328 g/mol. The highest BCUT2D eigenvalue weighted by Crippen LogP contribution is 2.31. The molecule has 1 aromatic rings. The fourth-order valence-corrected chi connectivity index (χ4v) is 4.64. The maximum atomic E-state index is 13.2. The second-order valence-corrected chi connectivity index (χ2v) is 7.70. The summed E-state index contributed by atoms with van der Waals surface area (Å²) in [5.74, 6) is 0.199. The number of benzene rings is 1. The lowest BCUT2D eigenvalue weighted by Crippen LogP contribution is -2.51. The highest BCUT2D eigenvalue weighted by molar-refractivity contribution is 5.90. The molecule has 3 atom stereocenters. The van der Waals surface area contributed by atoms with Gasteiger partial charge in [-0.3, -0.25) is 4.79 Å². The van der Waals surface area contributed by atoms with E-state index in [0.717, 1.165) is 57.4 Å². The van der Waals surface area contributed by atoms with Crippen LogP contribution in [0.25, 0.3) is 0 Å². The van der Waals surface area contributed by atoms with Gasteiger partial charge in [0.15, 0.2) is 0 Å². The lowest BCUT2D eigenvalue weighted by atomic mass is 9.96. The van der Waals surface area contributed by atoms with Gasteiger partial charge in [-0.05, 0) is 50.8 Å². The molecule has 0 saturated carbocycles. The number of hydrogen-bond acceptors (Lipinski definition) is 3. The van der Waals surface area contributed by atoms with Crippen molar-refractivity contribution in [2.45, 2.75) is 44.2 Å². The number of para-hydroxylation sites is 1. The predicted molar refractivity (Wildman–Crippen MR) is 101 cm³/mol. The molecule has 2 bridgehead atoms. The summed E-state index contributed by atoms with van der Waals surface area (Å²) in [6.07, 6.45) is 5.06. The Morgan fingerprint density at radius 2 is 1.85 bits per heavy atom. The maximum Gasteiger partial charge on any atom is 0.321 e. The van der Waals surface area contributed by atoms with E-state index < -0.39 is 0 Å². The van der Waals surface area contributed by atoms with Gasteiger partial charge >= 0.3 is 6.03 Å². The van der Waals surface area contributed by atoms with Crippen LogP contribution in [0.5, 0.6) is 0 Å². The molecule has 6 nitrogen and oxygen atoms in total. The Morgan fingerprint density at radius 3 is 2.69 bits per heavy atom. The van der Waals surface area contributed by atoms with Crippen LogP contribution >= 0.6 is 0 Å². The summed E-state index contributed by atoms with van der Waals surface area (Å²) < 4.78 is 0. The van der Waals surface area contributed by atoms with Crippen LogP contribution in [0.4, 0.5) is 10.5 Å². The van der Waals surface area contributed by atoms with E-state index in [4.69, 9.17) is 0 Å². The third kappa shape index (κ3) is 3.56. The molecular formula is C20H28N4O2. The van der Waals surface area contributed by atoms with Gasteiger partial charge in [-0.15, -0.1) is 0 Å². The molecule has 140 valence electrons. The fourth-order valence-electron chi connectivity index (χ4n) is 4.64. The molecule has 0 aromatic heterocycles. The van der Waals surface area contributed by atoms with E-state index >= 15 is 0 Å². The molecule has 6 heteroatoms. The molecule has 0 radical (unpaired) electrons. The third-order valence-corrected chi connectivity index (χ3v) is 5.99. The molecule has 0 spiro atoms. The van der Waals surface area contributed by atoms with Crippen molar-refractivity contribution >= 4 is 17.6 Å². The lowest BCUT2D eigenvalue weighted by Gasteiger charge is -2.37. The molecule has 3 aliphatic rings. The van der Waals surface area contributed by atoms with Crippen molar-refractivity contribution in [2.24, 2.45) is 5.92 Å². The Bertz CT molecular complexity index is 636. The first-order valence-corrected chi connectivity index (χ1v) is 9.86. The molecule has 3 heterocycles. The van der Waals surface area contributed by atoms with Crippen molar-refractivity contribution in [1.29, 1.82) is 0 Å². The highest BCUT2D eigenvalue weighted by atomic mass is 16.2. The number of rotatable bonds is 2. The summed E-state index contributed by atoms with van der Waals surface area (Å²) in [7, 11) is 0. The molecule has 3 fully saturated rings. The summed E-state index contributed by atoms with van der Waals surface area (Å²) in [5.41, 5.74) is 0.794. The topological polar surface area (TPSA) is 64.7 Å². The first-order valence-electron chi connectivity index (χ1n) is 9.86. The van der Waals surface area contributed by atoms with Crippen LogP contribution in [0.3, 0.4) is 0 Å². The Balaban J connectivity index is 1.40. The number of carbonyl (C=O) groups is 2. The molecule has 3 aliphatic heterocycles. The Labute approximate surface area is 154 Å². The van der Waals surface area contributed by atoms with Crippen LogP contribution in [0.1, 0.15) is 32.1 Å². The molecule has 1 aromatic carbocycles. The van der Waals surface area contributed by atoms with Gasteiger partial charge in [0.05, 0.1) is 5.92 Å². The summed E-state index contributed by atoms with van der Waals surface area (Å²) in [4.78, 5) is 29.8. The van der Waals surface area contributed by atoms with Gasteiger partial charge in [0.1, 0.15) is 0 Å². The summed E-state index contributed by atoms with van der Waals surface area (Å²) in [6, 6.07) is 10.1. The zero-order chi connectivity index (χ0) is 17.9.